The summed E-state index contributed by atoms with van der Waals surface area (Å²) in [5.41, 5.74) is 17.6. The fourth-order valence-electron chi connectivity index (χ4n) is 1.14. The van der Waals surface area contributed by atoms with Gasteiger partial charge in [0, 0.05) is 11.6 Å². The van der Waals surface area contributed by atoms with Gasteiger partial charge in [-0.3, -0.25) is 0 Å². The van der Waals surface area contributed by atoms with Crippen molar-refractivity contribution in [3.8, 4) is 0 Å². The summed E-state index contributed by atoms with van der Waals surface area (Å²) in [4.78, 5) is 16.1. The third kappa shape index (κ3) is 2.53. The highest BCUT2D eigenvalue weighted by molar-refractivity contribution is 7.99. The van der Waals surface area contributed by atoms with E-state index >= 15 is 0 Å². The Morgan fingerprint density at radius 3 is 2.35 bits per heavy atom. The molecule has 7 nitrogen and oxygen atoms in total. The lowest BCUT2D eigenvalue weighted by molar-refractivity contribution is 0.961. The lowest BCUT2D eigenvalue weighted by Crippen LogP contribution is -2.01. The second-order valence-electron chi connectivity index (χ2n) is 3.29. The van der Waals surface area contributed by atoms with E-state index in [9.17, 15) is 0 Å². The van der Waals surface area contributed by atoms with Crippen LogP contribution in [0.3, 0.4) is 0 Å². The maximum absolute atomic E-state index is 5.68. The molecule has 0 saturated heterocycles. The Morgan fingerprint density at radius 1 is 1.06 bits per heavy atom. The zero-order chi connectivity index (χ0) is 12.4. The summed E-state index contributed by atoms with van der Waals surface area (Å²) >= 11 is 1.24. The van der Waals surface area contributed by atoms with Crippen LogP contribution in [0.15, 0.2) is 22.6 Å². The van der Waals surface area contributed by atoms with Crippen LogP contribution in [-0.4, -0.2) is 19.9 Å². The van der Waals surface area contributed by atoms with Crippen molar-refractivity contribution >= 4 is 29.2 Å². The molecule has 0 unspecified atom stereocenters. The van der Waals surface area contributed by atoms with Crippen molar-refractivity contribution in [2.45, 2.75) is 17.1 Å². The molecule has 0 bridgehead atoms. The number of hydrogen-bond donors (Lipinski definition) is 3. The Morgan fingerprint density at radius 2 is 1.71 bits per heavy atom. The van der Waals surface area contributed by atoms with Crippen molar-refractivity contribution in [1.82, 2.24) is 19.9 Å². The fourth-order valence-corrected chi connectivity index (χ4v) is 1.98. The Kier molecular flexibility index (Phi) is 2.96. The Bertz CT molecular complexity index is 537. The van der Waals surface area contributed by atoms with Gasteiger partial charge in [0.25, 0.3) is 0 Å². The van der Waals surface area contributed by atoms with Crippen LogP contribution < -0.4 is 17.2 Å². The number of nitrogens with zero attached hydrogens (tertiary/aromatic N) is 4. The van der Waals surface area contributed by atoms with Crippen molar-refractivity contribution in [3.05, 3.63) is 18.0 Å². The minimum absolute atomic E-state index is 0.319. The van der Waals surface area contributed by atoms with Gasteiger partial charge in [-0.25, -0.2) is 19.9 Å². The van der Waals surface area contributed by atoms with Crippen molar-refractivity contribution in [1.29, 1.82) is 0 Å². The molecule has 2 aromatic rings. The average Bonchev–Trinajstić information content (AvgIpc) is 2.23. The summed E-state index contributed by atoms with van der Waals surface area (Å²) in [5, 5.41) is 1.12. The fraction of sp³-hybridized carbons (Fsp3) is 0.111. The van der Waals surface area contributed by atoms with Crippen molar-refractivity contribution < 1.29 is 0 Å². The number of aromatic nitrogens is 4. The molecule has 0 aromatic carbocycles. The molecule has 0 amide bonds. The lowest BCUT2D eigenvalue weighted by Gasteiger charge is -2.05. The molecule has 0 atom stereocenters. The van der Waals surface area contributed by atoms with Crippen LogP contribution >= 0.6 is 11.8 Å². The Hall–Kier alpha value is -2.09. The minimum atomic E-state index is 0.319. The standard InChI is InChI=1S/C9H11N7S/c1-4-7(12)13-3-14-8(4)17-9-15-5(10)2-6(11)16-9/h2-3H,1H3,(H2,12,13,14)(H4,10,11,15,16). The molecule has 88 valence electrons. The summed E-state index contributed by atoms with van der Waals surface area (Å²) in [6.45, 7) is 1.83. The molecule has 0 saturated carbocycles. The Balaban J connectivity index is 2.34. The maximum atomic E-state index is 5.68. The number of hydrogen-bond acceptors (Lipinski definition) is 8. The van der Waals surface area contributed by atoms with Gasteiger partial charge in [0.2, 0.25) is 0 Å². The monoisotopic (exact) mass is 249 g/mol. The first-order valence-corrected chi connectivity index (χ1v) is 5.53. The molecule has 6 N–H and O–H groups in total. The first-order chi connectivity index (χ1) is 8.06. The van der Waals surface area contributed by atoms with Gasteiger partial charge in [-0.2, -0.15) is 0 Å². The summed E-state index contributed by atoms with van der Waals surface area (Å²) in [5.74, 6) is 1.07. The molecular weight excluding hydrogens is 238 g/mol. The van der Waals surface area contributed by atoms with Crippen LogP contribution in [0.4, 0.5) is 17.5 Å². The van der Waals surface area contributed by atoms with Gasteiger partial charge in [-0.05, 0) is 18.7 Å². The molecule has 17 heavy (non-hydrogen) atoms. The van der Waals surface area contributed by atoms with Gasteiger partial charge in [0.15, 0.2) is 5.16 Å². The van der Waals surface area contributed by atoms with E-state index in [0.29, 0.717) is 27.6 Å². The molecule has 0 aliphatic heterocycles. The van der Waals surface area contributed by atoms with E-state index in [4.69, 9.17) is 17.2 Å². The highest BCUT2D eigenvalue weighted by Crippen LogP contribution is 2.28. The van der Waals surface area contributed by atoms with Crippen molar-refractivity contribution in [2.75, 3.05) is 17.2 Å². The molecule has 0 aliphatic rings. The average molecular weight is 249 g/mol. The zero-order valence-corrected chi connectivity index (χ0v) is 9.90. The number of anilines is 3. The number of nitrogen functional groups attached to an aromatic ring is 3. The van der Waals surface area contributed by atoms with Crippen LogP contribution in [0.1, 0.15) is 5.56 Å². The molecule has 2 heterocycles. The predicted octanol–water partition coefficient (Wildman–Crippen LogP) is 0.473. The maximum Gasteiger partial charge on any atom is 0.197 e. The van der Waals surface area contributed by atoms with Gasteiger partial charge in [-0.15, -0.1) is 0 Å². The molecule has 0 fully saturated rings. The van der Waals surface area contributed by atoms with E-state index < -0.39 is 0 Å². The van der Waals surface area contributed by atoms with E-state index in [1.54, 1.807) is 0 Å². The number of nitrogens with two attached hydrogens (primary N) is 3. The van der Waals surface area contributed by atoms with Crippen LogP contribution in [0.2, 0.25) is 0 Å². The highest BCUT2D eigenvalue weighted by Gasteiger charge is 2.09. The molecule has 0 aliphatic carbocycles. The van der Waals surface area contributed by atoms with Crippen LogP contribution in [0, 0.1) is 6.92 Å². The molecule has 2 rings (SSSR count). The van der Waals surface area contributed by atoms with Crippen LogP contribution in [0.5, 0.6) is 0 Å². The third-order valence-electron chi connectivity index (χ3n) is 2.01. The quantitative estimate of drug-likeness (QED) is 0.517. The van der Waals surface area contributed by atoms with E-state index in [1.807, 2.05) is 6.92 Å². The van der Waals surface area contributed by atoms with E-state index in [0.717, 1.165) is 5.56 Å². The summed E-state index contributed by atoms with van der Waals surface area (Å²) < 4.78 is 0. The topological polar surface area (TPSA) is 130 Å². The molecule has 2 aromatic heterocycles. The second kappa shape index (κ2) is 4.42. The van der Waals surface area contributed by atoms with Gasteiger partial charge in [0.1, 0.15) is 28.8 Å². The first kappa shape index (κ1) is 11.4. The Labute approximate surface area is 102 Å². The van der Waals surface area contributed by atoms with Gasteiger partial charge < -0.3 is 17.2 Å². The highest BCUT2D eigenvalue weighted by atomic mass is 32.2. The SMILES string of the molecule is Cc1c(N)ncnc1Sc1nc(N)cc(N)n1. The second-order valence-corrected chi connectivity index (χ2v) is 4.25. The van der Waals surface area contributed by atoms with Crippen LogP contribution in [-0.2, 0) is 0 Å². The predicted molar refractivity (Wildman–Crippen MR) is 66.2 cm³/mol. The lowest BCUT2D eigenvalue weighted by atomic mass is 10.4. The number of rotatable bonds is 2. The normalized spacial score (nSPS) is 10.4. The molecule has 8 heteroatoms. The first-order valence-electron chi connectivity index (χ1n) is 4.71. The zero-order valence-electron chi connectivity index (χ0n) is 9.08. The van der Waals surface area contributed by atoms with Crippen molar-refractivity contribution in [3.63, 3.8) is 0 Å². The molecular formula is C9H11N7S. The van der Waals surface area contributed by atoms with Gasteiger partial charge in [0.05, 0.1) is 0 Å². The third-order valence-corrected chi connectivity index (χ3v) is 2.98. The van der Waals surface area contributed by atoms with E-state index in [2.05, 4.69) is 19.9 Å². The smallest absolute Gasteiger partial charge is 0.197 e. The van der Waals surface area contributed by atoms with Crippen molar-refractivity contribution in [2.24, 2.45) is 0 Å². The van der Waals surface area contributed by atoms with Gasteiger partial charge >= 0.3 is 0 Å². The summed E-state index contributed by atoms with van der Waals surface area (Å²) in [6, 6.07) is 1.49. The van der Waals surface area contributed by atoms with E-state index in [-0.39, 0.29) is 0 Å². The summed E-state index contributed by atoms with van der Waals surface area (Å²) in [7, 11) is 0. The molecule has 0 radical (unpaired) electrons. The molecule has 0 spiro atoms. The summed E-state index contributed by atoms with van der Waals surface area (Å²) in [6.07, 6.45) is 1.39. The largest absolute Gasteiger partial charge is 0.383 e. The minimum Gasteiger partial charge on any atom is -0.383 e. The van der Waals surface area contributed by atoms with Gasteiger partial charge in [-0.1, -0.05) is 0 Å². The van der Waals surface area contributed by atoms with E-state index in [1.165, 1.54) is 24.2 Å². The van der Waals surface area contributed by atoms with Crippen LogP contribution in [0.25, 0.3) is 0 Å².